The number of carbonyl (C=O) groups excluding carboxylic acids is 1. The quantitative estimate of drug-likeness (QED) is 0.408. The van der Waals surface area contributed by atoms with E-state index in [2.05, 4.69) is 17.2 Å². The van der Waals surface area contributed by atoms with Crippen molar-refractivity contribution in [2.24, 2.45) is 0 Å². The lowest BCUT2D eigenvalue weighted by molar-refractivity contribution is -0.116. The maximum absolute atomic E-state index is 12.1. The highest BCUT2D eigenvalue weighted by atomic mass is 16.5. The number of carbonyl (C=O) groups is 1. The molecule has 0 aliphatic carbocycles. The van der Waals surface area contributed by atoms with Gasteiger partial charge in [-0.25, -0.2) is 0 Å². The van der Waals surface area contributed by atoms with Gasteiger partial charge in [-0.2, -0.15) is 0 Å². The van der Waals surface area contributed by atoms with E-state index in [0.29, 0.717) is 6.42 Å². The van der Waals surface area contributed by atoms with E-state index >= 15 is 0 Å². The molecule has 1 heterocycles. The highest BCUT2D eigenvalue weighted by Crippen LogP contribution is 2.16. The third-order valence-electron chi connectivity index (χ3n) is 4.71. The van der Waals surface area contributed by atoms with E-state index < -0.39 is 0 Å². The molecule has 2 aromatic rings. The predicted octanol–water partition coefficient (Wildman–Crippen LogP) is 6.11. The lowest BCUT2D eigenvalue weighted by Crippen LogP contribution is -2.11. The fourth-order valence-corrected chi connectivity index (χ4v) is 3.12. The zero-order chi connectivity index (χ0) is 19.2. The minimum atomic E-state index is 0.0718. The molecule has 0 saturated heterocycles. The van der Waals surface area contributed by atoms with Gasteiger partial charge in [0.15, 0.2) is 0 Å². The first kappa shape index (κ1) is 21.4. The number of ether oxygens (including phenoxy) is 1. The number of rotatable bonds is 14. The number of fused-ring (bicyclic) bond motifs is 1. The molecule has 0 atom stereocenters. The Morgan fingerprint density at radius 1 is 0.963 bits per heavy atom. The van der Waals surface area contributed by atoms with Crippen LogP contribution in [0.1, 0.15) is 71.1 Å². The summed E-state index contributed by atoms with van der Waals surface area (Å²) >= 11 is 0. The van der Waals surface area contributed by atoms with Gasteiger partial charge in [0.05, 0.1) is 17.4 Å². The maximum atomic E-state index is 12.1. The Balaban J connectivity index is 1.47. The zero-order valence-corrected chi connectivity index (χ0v) is 16.7. The maximum Gasteiger partial charge on any atom is 0.224 e. The second-order valence-corrected chi connectivity index (χ2v) is 7.16. The van der Waals surface area contributed by atoms with E-state index in [1.807, 2.05) is 30.3 Å². The van der Waals surface area contributed by atoms with E-state index in [4.69, 9.17) is 4.74 Å². The summed E-state index contributed by atoms with van der Waals surface area (Å²) in [5.41, 5.74) is 1.72. The van der Waals surface area contributed by atoms with E-state index in [1.165, 1.54) is 38.5 Å². The number of hydrogen-bond donors (Lipinski definition) is 1. The number of para-hydroxylation sites is 1. The van der Waals surface area contributed by atoms with Crippen molar-refractivity contribution in [2.45, 2.75) is 71.1 Å². The summed E-state index contributed by atoms with van der Waals surface area (Å²) in [4.78, 5) is 16.4. The molecule has 0 bridgehead atoms. The summed E-state index contributed by atoms with van der Waals surface area (Å²) < 4.78 is 5.65. The summed E-state index contributed by atoms with van der Waals surface area (Å²) in [6.07, 6.45) is 12.9. The molecule has 0 unspecified atom stereocenters. The Hall–Kier alpha value is -1.94. The van der Waals surface area contributed by atoms with Crippen LogP contribution >= 0.6 is 0 Å². The van der Waals surface area contributed by atoms with Gasteiger partial charge in [-0.15, -0.1) is 0 Å². The van der Waals surface area contributed by atoms with Crippen LogP contribution in [-0.4, -0.2) is 24.1 Å². The number of pyridine rings is 1. The van der Waals surface area contributed by atoms with Crippen molar-refractivity contribution >= 4 is 22.5 Å². The summed E-state index contributed by atoms with van der Waals surface area (Å²) in [5.74, 6) is 0.0718. The fraction of sp³-hybridized carbons (Fsp3) is 0.565. The SMILES string of the molecule is CCCCCCOCCCCCCCC(=O)Nc1cnc2ccccc2c1. The normalized spacial score (nSPS) is 11.0. The molecule has 1 N–H and O–H groups in total. The lowest BCUT2D eigenvalue weighted by Gasteiger charge is -2.06. The summed E-state index contributed by atoms with van der Waals surface area (Å²) in [7, 11) is 0. The third kappa shape index (κ3) is 9.00. The number of unbranched alkanes of at least 4 members (excludes halogenated alkanes) is 7. The molecule has 1 aromatic heterocycles. The highest BCUT2D eigenvalue weighted by Gasteiger charge is 2.04. The van der Waals surface area contributed by atoms with Crippen molar-refractivity contribution in [3.63, 3.8) is 0 Å². The van der Waals surface area contributed by atoms with Gasteiger partial charge in [0, 0.05) is 25.0 Å². The van der Waals surface area contributed by atoms with Crippen molar-refractivity contribution in [3.05, 3.63) is 36.5 Å². The van der Waals surface area contributed by atoms with E-state index in [1.54, 1.807) is 6.20 Å². The lowest BCUT2D eigenvalue weighted by atomic mass is 10.1. The second-order valence-electron chi connectivity index (χ2n) is 7.16. The van der Waals surface area contributed by atoms with Gasteiger partial charge < -0.3 is 10.1 Å². The molecule has 148 valence electrons. The summed E-state index contributed by atoms with van der Waals surface area (Å²) in [6, 6.07) is 9.90. The molecule has 0 fully saturated rings. The van der Waals surface area contributed by atoms with Gasteiger partial charge in [-0.05, 0) is 31.4 Å². The van der Waals surface area contributed by atoms with E-state index in [-0.39, 0.29) is 5.91 Å². The summed E-state index contributed by atoms with van der Waals surface area (Å²) in [5, 5.41) is 4.00. The number of amides is 1. The van der Waals surface area contributed by atoms with Crippen LogP contribution in [0.4, 0.5) is 5.69 Å². The zero-order valence-electron chi connectivity index (χ0n) is 16.7. The first-order valence-electron chi connectivity index (χ1n) is 10.5. The number of nitrogens with one attached hydrogen (secondary N) is 1. The minimum absolute atomic E-state index is 0.0718. The largest absolute Gasteiger partial charge is 0.381 e. The van der Waals surface area contributed by atoms with Gasteiger partial charge in [0.1, 0.15) is 0 Å². The molecule has 0 spiro atoms. The Kier molecular flexibility index (Phi) is 10.5. The smallest absolute Gasteiger partial charge is 0.224 e. The first-order chi connectivity index (χ1) is 13.3. The minimum Gasteiger partial charge on any atom is -0.381 e. The predicted molar refractivity (Wildman–Crippen MR) is 113 cm³/mol. The molecular formula is C23H34N2O2. The molecule has 0 aliphatic heterocycles. The molecule has 2 rings (SSSR count). The molecule has 0 saturated carbocycles. The molecule has 4 nitrogen and oxygen atoms in total. The summed E-state index contributed by atoms with van der Waals surface area (Å²) in [6.45, 7) is 4.01. The van der Waals surface area contributed by atoms with Gasteiger partial charge in [0.25, 0.3) is 0 Å². The molecule has 0 radical (unpaired) electrons. The molecule has 4 heteroatoms. The van der Waals surface area contributed by atoms with Crippen LogP contribution in [0.15, 0.2) is 36.5 Å². The number of anilines is 1. The van der Waals surface area contributed by atoms with Crippen LogP contribution < -0.4 is 5.32 Å². The average Bonchev–Trinajstić information content (AvgIpc) is 2.68. The number of benzene rings is 1. The van der Waals surface area contributed by atoms with E-state index in [0.717, 1.165) is 49.1 Å². The topological polar surface area (TPSA) is 51.2 Å². The highest BCUT2D eigenvalue weighted by molar-refractivity contribution is 5.93. The number of hydrogen-bond acceptors (Lipinski definition) is 3. The number of nitrogens with zero attached hydrogens (tertiary/aromatic N) is 1. The van der Waals surface area contributed by atoms with Crippen molar-refractivity contribution in [3.8, 4) is 0 Å². The van der Waals surface area contributed by atoms with Crippen LogP contribution in [0.3, 0.4) is 0 Å². The van der Waals surface area contributed by atoms with E-state index in [9.17, 15) is 4.79 Å². The van der Waals surface area contributed by atoms with Crippen molar-refractivity contribution in [1.82, 2.24) is 4.98 Å². The Labute approximate surface area is 163 Å². The molecular weight excluding hydrogens is 336 g/mol. The Morgan fingerprint density at radius 2 is 1.67 bits per heavy atom. The molecule has 1 amide bonds. The van der Waals surface area contributed by atoms with Gasteiger partial charge in [-0.1, -0.05) is 63.6 Å². The standard InChI is InChI=1S/C23H34N2O2/c1-2-3-4-11-16-27-17-12-7-5-6-8-15-23(26)25-21-18-20-13-9-10-14-22(20)24-19-21/h9-10,13-14,18-19H,2-8,11-12,15-17H2,1H3,(H,25,26). The Morgan fingerprint density at radius 3 is 2.48 bits per heavy atom. The first-order valence-corrected chi connectivity index (χ1v) is 10.5. The van der Waals surface area contributed by atoms with Crippen molar-refractivity contribution in [1.29, 1.82) is 0 Å². The average molecular weight is 371 g/mol. The molecule has 0 aliphatic rings. The van der Waals surface area contributed by atoms with Crippen LogP contribution in [0.25, 0.3) is 10.9 Å². The Bertz CT molecular complexity index is 672. The molecule has 27 heavy (non-hydrogen) atoms. The number of aromatic nitrogens is 1. The second kappa shape index (κ2) is 13.3. The fourth-order valence-electron chi connectivity index (χ4n) is 3.12. The molecule has 1 aromatic carbocycles. The van der Waals surface area contributed by atoms with Crippen LogP contribution in [0, 0.1) is 0 Å². The van der Waals surface area contributed by atoms with Crippen molar-refractivity contribution in [2.75, 3.05) is 18.5 Å². The van der Waals surface area contributed by atoms with Crippen LogP contribution in [-0.2, 0) is 9.53 Å². The van der Waals surface area contributed by atoms with Crippen LogP contribution in [0.2, 0.25) is 0 Å². The van der Waals surface area contributed by atoms with Crippen LogP contribution in [0.5, 0.6) is 0 Å². The van der Waals surface area contributed by atoms with Crippen molar-refractivity contribution < 1.29 is 9.53 Å². The van der Waals surface area contributed by atoms with Gasteiger partial charge in [-0.3, -0.25) is 9.78 Å². The monoisotopic (exact) mass is 370 g/mol. The third-order valence-corrected chi connectivity index (χ3v) is 4.71. The van der Waals surface area contributed by atoms with Gasteiger partial charge in [0.2, 0.25) is 5.91 Å². The van der Waals surface area contributed by atoms with Gasteiger partial charge >= 0.3 is 0 Å².